The number of nitro groups is 1. The number of nitrogens with one attached hydrogen (secondary N) is 1. The number of ether oxygens (including phenoxy) is 2. The first-order chi connectivity index (χ1) is 14.0. The fourth-order valence-electron chi connectivity index (χ4n) is 3.65. The van der Waals surface area contributed by atoms with Crippen molar-refractivity contribution in [1.82, 2.24) is 10.2 Å². The van der Waals surface area contributed by atoms with Gasteiger partial charge in [-0.05, 0) is 19.3 Å². The summed E-state index contributed by atoms with van der Waals surface area (Å²) in [4.78, 5) is 37.7. The van der Waals surface area contributed by atoms with Gasteiger partial charge < -0.3 is 19.7 Å². The third-order valence-corrected chi connectivity index (χ3v) is 5.32. The lowest BCUT2D eigenvalue weighted by Gasteiger charge is -2.31. The van der Waals surface area contributed by atoms with Crippen LogP contribution < -0.4 is 14.8 Å². The fraction of sp³-hybridized carbons (Fsp3) is 0.600. The number of carbonyl (C=O) groups excluding carboxylic acids is 2. The summed E-state index contributed by atoms with van der Waals surface area (Å²) < 4.78 is 10.9. The lowest BCUT2D eigenvalue weighted by atomic mass is 9.95. The molecule has 9 heteroatoms. The second-order valence-corrected chi connectivity index (χ2v) is 7.33. The minimum absolute atomic E-state index is 0.0123. The van der Waals surface area contributed by atoms with Crippen LogP contribution in [0.15, 0.2) is 12.1 Å². The SMILES string of the molecule is CCCCCNC(=O)C1CCN(C(=O)c2cc3c(cc2[N+](=O)[O-])OCCO3)CC1. The van der Waals surface area contributed by atoms with E-state index in [2.05, 4.69) is 12.2 Å². The van der Waals surface area contributed by atoms with E-state index in [1.165, 1.54) is 12.1 Å². The summed E-state index contributed by atoms with van der Waals surface area (Å²) in [6.07, 6.45) is 4.24. The average molecular weight is 405 g/mol. The number of rotatable bonds is 7. The van der Waals surface area contributed by atoms with Crippen LogP contribution in [0.3, 0.4) is 0 Å². The van der Waals surface area contributed by atoms with Gasteiger partial charge >= 0.3 is 0 Å². The van der Waals surface area contributed by atoms with E-state index in [4.69, 9.17) is 9.47 Å². The van der Waals surface area contributed by atoms with Crippen molar-refractivity contribution in [2.24, 2.45) is 5.92 Å². The van der Waals surface area contributed by atoms with Crippen LogP contribution in [0.5, 0.6) is 11.5 Å². The second kappa shape index (κ2) is 9.58. The molecule has 3 rings (SSSR count). The minimum atomic E-state index is -0.581. The molecule has 2 aliphatic rings. The molecule has 2 heterocycles. The molecule has 0 aromatic heterocycles. The molecule has 2 aliphatic heterocycles. The van der Waals surface area contributed by atoms with Gasteiger partial charge in [0.2, 0.25) is 5.91 Å². The summed E-state index contributed by atoms with van der Waals surface area (Å²) in [5.41, 5.74) is -0.309. The Kier molecular flexibility index (Phi) is 6.90. The lowest BCUT2D eigenvalue weighted by Crippen LogP contribution is -2.43. The number of nitro benzene ring substituents is 1. The van der Waals surface area contributed by atoms with Crippen molar-refractivity contribution in [2.45, 2.75) is 39.0 Å². The zero-order valence-corrected chi connectivity index (χ0v) is 16.6. The Bertz CT molecular complexity index is 774. The highest BCUT2D eigenvalue weighted by molar-refractivity contribution is 5.99. The number of piperidine rings is 1. The zero-order valence-electron chi connectivity index (χ0n) is 16.6. The Labute approximate surface area is 169 Å². The molecule has 1 fully saturated rings. The van der Waals surface area contributed by atoms with E-state index in [0.29, 0.717) is 51.4 Å². The van der Waals surface area contributed by atoms with Crippen molar-refractivity contribution >= 4 is 17.5 Å². The largest absolute Gasteiger partial charge is 0.486 e. The Balaban J connectivity index is 1.63. The van der Waals surface area contributed by atoms with E-state index in [9.17, 15) is 19.7 Å². The van der Waals surface area contributed by atoms with Gasteiger partial charge in [-0.2, -0.15) is 0 Å². The van der Waals surface area contributed by atoms with Crippen molar-refractivity contribution in [3.05, 3.63) is 27.8 Å². The number of likely N-dealkylation sites (tertiary alicyclic amines) is 1. The Morgan fingerprint density at radius 1 is 1.17 bits per heavy atom. The van der Waals surface area contributed by atoms with E-state index >= 15 is 0 Å². The van der Waals surface area contributed by atoms with Crippen LogP contribution in [0.25, 0.3) is 0 Å². The van der Waals surface area contributed by atoms with Crippen molar-refractivity contribution < 1.29 is 24.0 Å². The molecule has 0 radical (unpaired) electrons. The maximum atomic E-state index is 13.0. The minimum Gasteiger partial charge on any atom is -0.486 e. The number of nitrogens with zero attached hydrogens (tertiary/aromatic N) is 2. The quantitative estimate of drug-likeness (QED) is 0.424. The Morgan fingerprint density at radius 3 is 2.45 bits per heavy atom. The molecule has 9 nitrogen and oxygen atoms in total. The van der Waals surface area contributed by atoms with Gasteiger partial charge in [-0.1, -0.05) is 19.8 Å². The summed E-state index contributed by atoms with van der Waals surface area (Å²) in [6, 6.07) is 2.64. The number of hydrogen-bond donors (Lipinski definition) is 1. The summed E-state index contributed by atoms with van der Waals surface area (Å²) >= 11 is 0. The molecule has 158 valence electrons. The molecule has 0 unspecified atom stereocenters. The summed E-state index contributed by atoms with van der Waals surface area (Å²) in [5.74, 6) is 0.0920. The molecule has 29 heavy (non-hydrogen) atoms. The normalized spacial score (nSPS) is 16.4. The van der Waals surface area contributed by atoms with Crippen LogP contribution in [0.1, 0.15) is 49.4 Å². The molecule has 2 amide bonds. The molecule has 1 saturated heterocycles. The summed E-state index contributed by atoms with van der Waals surface area (Å²) in [5, 5.41) is 14.4. The van der Waals surface area contributed by atoms with Crippen molar-refractivity contribution in [2.75, 3.05) is 32.8 Å². The van der Waals surface area contributed by atoms with Gasteiger partial charge in [0, 0.05) is 31.6 Å². The number of fused-ring (bicyclic) bond motifs is 1. The number of amides is 2. The topological polar surface area (TPSA) is 111 Å². The molecule has 1 aromatic rings. The van der Waals surface area contributed by atoms with Gasteiger partial charge in [0.15, 0.2) is 11.5 Å². The molecule has 0 aliphatic carbocycles. The maximum Gasteiger partial charge on any atom is 0.286 e. The van der Waals surface area contributed by atoms with Gasteiger partial charge in [0.05, 0.1) is 11.0 Å². The molecule has 0 saturated carbocycles. The van der Waals surface area contributed by atoms with E-state index < -0.39 is 10.8 Å². The first kappa shape index (κ1) is 20.9. The molecular weight excluding hydrogens is 378 g/mol. The number of hydrogen-bond acceptors (Lipinski definition) is 6. The first-order valence-corrected chi connectivity index (χ1v) is 10.2. The van der Waals surface area contributed by atoms with E-state index in [1.54, 1.807) is 4.90 Å². The Morgan fingerprint density at radius 2 is 1.83 bits per heavy atom. The van der Waals surface area contributed by atoms with Crippen LogP contribution in [0, 0.1) is 16.0 Å². The number of benzene rings is 1. The third-order valence-electron chi connectivity index (χ3n) is 5.32. The Hall–Kier alpha value is -2.84. The third kappa shape index (κ3) is 4.96. The molecule has 0 spiro atoms. The fourth-order valence-corrected chi connectivity index (χ4v) is 3.65. The smallest absolute Gasteiger partial charge is 0.286 e. The summed E-state index contributed by atoms with van der Waals surface area (Å²) in [6.45, 7) is 4.20. The van der Waals surface area contributed by atoms with Gasteiger partial charge in [0.1, 0.15) is 18.8 Å². The number of unbranched alkanes of at least 4 members (excludes halogenated alkanes) is 2. The van der Waals surface area contributed by atoms with Crippen LogP contribution in [-0.4, -0.2) is 54.5 Å². The van der Waals surface area contributed by atoms with Gasteiger partial charge in [-0.25, -0.2) is 0 Å². The first-order valence-electron chi connectivity index (χ1n) is 10.2. The predicted octanol–water partition coefficient (Wildman–Crippen LogP) is 2.52. The average Bonchev–Trinajstić information content (AvgIpc) is 2.75. The van der Waals surface area contributed by atoms with Crippen LogP contribution in [0.2, 0.25) is 0 Å². The van der Waals surface area contributed by atoms with Crippen molar-refractivity contribution in [3.8, 4) is 11.5 Å². The predicted molar refractivity (Wildman–Crippen MR) is 105 cm³/mol. The molecule has 0 bridgehead atoms. The number of carbonyl (C=O) groups is 2. The van der Waals surface area contributed by atoms with Crippen LogP contribution in [0.4, 0.5) is 5.69 Å². The van der Waals surface area contributed by atoms with Crippen LogP contribution in [-0.2, 0) is 4.79 Å². The summed E-state index contributed by atoms with van der Waals surface area (Å²) in [7, 11) is 0. The molecule has 0 atom stereocenters. The monoisotopic (exact) mass is 405 g/mol. The van der Waals surface area contributed by atoms with E-state index in [-0.39, 0.29) is 28.8 Å². The zero-order chi connectivity index (χ0) is 20.8. The molecule has 1 N–H and O–H groups in total. The van der Waals surface area contributed by atoms with E-state index in [0.717, 1.165) is 19.3 Å². The maximum absolute atomic E-state index is 13.0. The van der Waals surface area contributed by atoms with Crippen molar-refractivity contribution in [3.63, 3.8) is 0 Å². The molecular formula is C20H27N3O6. The van der Waals surface area contributed by atoms with Gasteiger partial charge in [-0.3, -0.25) is 19.7 Å². The second-order valence-electron chi connectivity index (χ2n) is 7.33. The van der Waals surface area contributed by atoms with Gasteiger partial charge in [-0.15, -0.1) is 0 Å². The van der Waals surface area contributed by atoms with E-state index in [1.807, 2.05) is 0 Å². The van der Waals surface area contributed by atoms with Gasteiger partial charge in [0.25, 0.3) is 11.6 Å². The molecule has 1 aromatic carbocycles. The highest BCUT2D eigenvalue weighted by atomic mass is 16.6. The van der Waals surface area contributed by atoms with Crippen molar-refractivity contribution in [1.29, 1.82) is 0 Å². The lowest BCUT2D eigenvalue weighted by molar-refractivity contribution is -0.385. The highest BCUT2D eigenvalue weighted by Gasteiger charge is 2.32. The standard InChI is InChI=1S/C20H27N3O6/c1-2-3-4-7-21-19(24)14-5-8-22(9-6-14)20(25)15-12-17-18(29-11-10-28-17)13-16(15)23(26)27/h12-14H,2-11H2,1H3,(H,21,24). The highest BCUT2D eigenvalue weighted by Crippen LogP contribution is 2.37. The van der Waals surface area contributed by atoms with Crippen LogP contribution >= 0.6 is 0 Å².